The van der Waals surface area contributed by atoms with Crippen molar-refractivity contribution in [2.75, 3.05) is 12.4 Å². The van der Waals surface area contributed by atoms with Crippen molar-refractivity contribution < 1.29 is 9.13 Å². The number of allylic oxidation sites excluding steroid dienone is 3. The smallest absolute Gasteiger partial charge is 0.141 e. The van der Waals surface area contributed by atoms with E-state index in [4.69, 9.17) is 16.3 Å². The quantitative estimate of drug-likeness (QED) is 0.614. The van der Waals surface area contributed by atoms with Gasteiger partial charge in [0, 0.05) is 22.2 Å². The lowest BCUT2D eigenvalue weighted by Crippen LogP contribution is -1.98. The topological polar surface area (TPSA) is 47.0 Å². The van der Waals surface area contributed by atoms with Gasteiger partial charge in [0.25, 0.3) is 0 Å². The minimum absolute atomic E-state index is 0.231. The second-order valence-corrected chi connectivity index (χ2v) is 5.14. The van der Waals surface area contributed by atoms with E-state index in [-0.39, 0.29) is 10.9 Å². The number of hydrogen-bond donors (Lipinski definition) is 1. The zero-order valence-electron chi connectivity index (χ0n) is 17.1. The van der Waals surface area contributed by atoms with Gasteiger partial charge in [-0.15, -0.1) is 0 Å². The van der Waals surface area contributed by atoms with E-state index < -0.39 is 0 Å². The van der Waals surface area contributed by atoms with Crippen molar-refractivity contribution in [3.05, 3.63) is 47.7 Å². The third-order valence-corrected chi connectivity index (χ3v) is 2.91. The summed E-state index contributed by atoms with van der Waals surface area (Å²) in [6, 6.07) is 5.69. The van der Waals surface area contributed by atoms with Crippen LogP contribution in [0.25, 0.3) is 10.9 Å². The van der Waals surface area contributed by atoms with Crippen LogP contribution >= 0.6 is 11.6 Å². The average Bonchev–Trinajstić information content (AvgIpc) is 2.64. The van der Waals surface area contributed by atoms with Crippen LogP contribution in [-0.2, 0) is 0 Å². The zero-order valence-corrected chi connectivity index (χ0v) is 17.8. The van der Waals surface area contributed by atoms with Gasteiger partial charge in [-0.1, -0.05) is 45.9 Å². The number of rotatable bonds is 3. The molecule has 26 heavy (non-hydrogen) atoms. The first kappa shape index (κ1) is 26.1. The minimum Gasteiger partial charge on any atom is -0.497 e. The Balaban J connectivity index is 0. The molecule has 1 N–H and O–H groups in total. The van der Waals surface area contributed by atoms with Gasteiger partial charge in [0.1, 0.15) is 23.7 Å². The van der Waals surface area contributed by atoms with Crippen molar-refractivity contribution >= 4 is 28.3 Å². The summed E-state index contributed by atoms with van der Waals surface area (Å²) < 4.78 is 16.7. The molecule has 146 valence electrons. The first-order valence-corrected chi connectivity index (χ1v) is 8.92. The Bertz CT molecular complexity index is 685. The first-order chi connectivity index (χ1) is 12.3. The number of fused-ring (bicyclic) bond motifs is 1. The molecule has 0 aliphatic rings. The number of nitrogens with zero attached hydrogens (tertiary/aromatic N) is 2. The maximum absolute atomic E-state index is 11.6. The molecule has 2 aromatic rings. The Hall–Kier alpha value is -2.14. The summed E-state index contributed by atoms with van der Waals surface area (Å²) in [7, 11) is 1.63. The maximum atomic E-state index is 11.6. The molecule has 0 spiro atoms. The van der Waals surface area contributed by atoms with Gasteiger partial charge in [-0.3, -0.25) is 0 Å². The molecule has 0 atom stereocenters. The molecule has 0 aliphatic heterocycles. The predicted octanol–water partition coefficient (Wildman–Crippen LogP) is 7.08. The van der Waals surface area contributed by atoms with Crippen molar-refractivity contribution in [1.82, 2.24) is 9.97 Å². The fraction of sp³-hybridized carbons (Fsp3) is 0.400. The first-order valence-electron chi connectivity index (χ1n) is 8.55. The number of anilines is 1. The van der Waals surface area contributed by atoms with Crippen LogP contribution in [-0.4, -0.2) is 17.1 Å². The van der Waals surface area contributed by atoms with E-state index in [0.29, 0.717) is 0 Å². The van der Waals surface area contributed by atoms with Crippen molar-refractivity contribution in [1.29, 1.82) is 0 Å². The van der Waals surface area contributed by atoms with E-state index in [9.17, 15) is 4.39 Å². The van der Waals surface area contributed by atoms with E-state index in [1.54, 1.807) is 7.11 Å². The van der Waals surface area contributed by atoms with Gasteiger partial charge >= 0.3 is 0 Å². The molecule has 0 radical (unpaired) electrons. The zero-order chi connectivity index (χ0) is 20.7. The molecule has 0 aliphatic carbocycles. The summed E-state index contributed by atoms with van der Waals surface area (Å²) in [6.07, 6.45) is 1.52. The highest BCUT2D eigenvalue weighted by Gasteiger charge is 2.04. The number of hydrogen-bond acceptors (Lipinski definition) is 4. The maximum Gasteiger partial charge on any atom is 0.141 e. The summed E-state index contributed by atoms with van der Waals surface area (Å²) in [5.74, 6) is 1.24. The molecule has 4 nitrogen and oxygen atoms in total. The van der Waals surface area contributed by atoms with Gasteiger partial charge in [0.05, 0.1) is 12.6 Å². The van der Waals surface area contributed by atoms with E-state index in [1.807, 2.05) is 52.8 Å². The standard InChI is InChI=1S/C12H13N3O.C4H6ClF.2C2H6/c1-8(2)15-12-10-5-4-9(16-3)6-11(10)13-7-14-12;1-3(5)4(2)6;2*1-2/h4-7H,1H2,2-3H3,(H,13,14,15);1-2H3;2*1-2H3/b;4-3-;;. The van der Waals surface area contributed by atoms with Crippen molar-refractivity contribution in [3.8, 4) is 5.75 Å². The van der Waals surface area contributed by atoms with Crippen molar-refractivity contribution in [3.63, 3.8) is 0 Å². The molecule has 1 aromatic carbocycles. The SMILES string of the molecule is C/C(F)=C(\C)Cl.C=C(C)Nc1ncnc2cc(OC)ccc12.CC.CC. The van der Waals surface area contributed by atoms with Gasteiger partial charge < -0.3 is 10.1 Å². The number of halogens is 2. The number of nitrogens with one attached hydrogen (secondary N) is 1. The molecule has 1 aromatic heterocycles. The minimum atomic E-state index is -0.309. The number of ether oxygens (including phenoxy) is 1. The Morgan fingerprint density at radius 1 is 1.12 bits per heavy atom. The van der Waals surface area contributed by atoms with Crippen LogP contribution in [0.2, 0.25) is 0 Å². The Morgan fingerprint density at radius 2 is 1.65 bits per heavy atom. The molecule has 0 bridgehead atoms. The molecule has 0 saturated carbocycles. The summed E-state index contributed by atoms with van der Waals surface area (Å²) in [5.41, 5.74) is 1.69. The average molecular weight is 384 g/mol. The van der Waals surface area contributed by atoms with Gasteiger partial charge in [-0.25, -0.2) is 14.4 Å². The number of benzene rings is 1. The van der Waals surface area contributed by atoms with Crippen LogP contribution in [0.4, 0.5) is 10.2 Å². The molecular formula is C20H31ClFN3O. The largest absolute Gasteiger partial charge is 0.497 e. The van der Waals surface area contributed by atoms with Crippen LogP contribution in [0.5, 0.6) is 5.75 Å². The summed E-state index contributed by atoms with van der Waals surface area (Å²) in [5, 5.41) is 4.28. The van der Waals surface area contributed by atoms with Gasteiger partial charge in [-0.05, 0) is 32.9 Å². The molecule has 0 saturated heterocycles. The lowest BCUT2D eigenvalue weighted by Gasteiger charge is -2.08. The normalized spacial score (nSPS) is 9.92. The van der Waals surface area contributed by atoms with Crippen LogP contribution in [0.15, 0.2) is 47.7 Å². The molecule has 0 amide bonds. The second kappa shape index (κ2) is 15.1. The Kier molecular flexibility index (Phi) is 15.2. The van der Waals surface area contributed by atoms with E-state index >= 15 is 0 Å². The fourth-order valence-electron chi connectivity index (χ4n) is 1.47. The second-order valence-electron chi connectivity index (χ2n) is 4.58. The molecule has 0 unspecified atom stereocenters. The van der Waals surface area contributed by atoms with Gasteiger partial charge in [0.2, 0.25) is 0 Å². The number of methoxy groups -OCH3 is 1. The molecule has 2 rings (SSSR count). The summed E-state index contributed by atoms with van der Waals surface area (Å²) in [6.45, 7) is 16.5. The molecule has 1 heterocycles. The third-order valence-electron chi connectivity index (χ3n) is 2.65. The Labute approximate surface area is 162 Å². The molecule has 6 heteroatoms. The Morgan fingerprint density at radius 3 is 2.08 bits per heavy atom. The van der Waals surface area contributed by atoms with Gasteiger partial charge in [-0.2, -0.15) is 0 Å². The van der Waals surface area contributed by atoms with Crippen LogP contribution in [0.3, 0.4) is 0 Å². The monoisotopic (exact) mass is 383 g/mol. The summed E-state index contributed by atoms with van der Waals surface area (Å²) >= 11 is 5.12. The van der Waals surface area contributed by atoms with Crippen LogP contribution < -0.4 is 10.1 Å². The summed E-state index contributed by atoms with van der Waals surface area (Å²) in [4.78, 5) is 8.38. The predicted molar refractivity (Wildman–Crippen MR) is 113 cm³/mol. The lowest BCUT2D eigenvalue weighted by atomic mass is 10.2. The van der Waals surface area contributed by atoms with Crippen molar-refractivity contribution in [2.24, 2.45) is 0 Å². The van der Waals surface area contributed by atoms with Crippen LogP contribution in [0, 0.1) is 0 Å². The van der Waals surface area contributed by atoms with Crippen LogP contribution in [0.1, 0.15) is 48.5 Å². The van der Waals surface area contributed by atoms with Gasteiger partial charge in [0.15, 0.2) is 0 Å². The van der Waals surface area contributed by atoms with Crippen molar-refractivity contribution in [2.45, 2.75) is 48.5 Å². The third kappa shape index (κ3) is 9.99. The molecular weight excluding hydrogens is 353 g/mol. The highest BCUT2D eigenvalue weighted by Crippen LogP contribution is 2.24. The van der Waals surface area contributed by atoms with E-state index in [2.05, 4.69) is 21.9 Å². The highest BCUT2D eigenvalue weighted by molar-refractivity contribution is 6.29. The molecule has 0 fully saturated rings. The van der Waals surface area contributed by atoms with E-state index in [0.717, 1.165) is 28.2 Å². The van der Waals surface area contributed by atoms with E-state index in [1.165, 1.54) is 20.2 Å². The lowest BCUT2D eigenvalue weighted by molar-refractivity contribution is 0.415. The highest BCUT2D eigenvalue weighted by atomic mass is 35.5. The number of aromatic nitrogens is 2. The fourth-order valence-corrected chi connectivity index (χ4v) is 1.47.